The standard InChI is InChI=1S/C44H30/c1-2-12-29(13-3-1)30-22-25-32(26-23-30)42-37-18-8-10-20-39(37)44(40-21-11-9-19-38(40)42)41-28-33-27-24-31-14-4-5-15-34(31)43(33)36-17-7-6-16-35(36)41/h1-28,31,34H. The minimum Gasteiger partial charge on any atom is -0.0767 e. The molecule has 0 heteroatoms. The topological polar surface area (TPSA) is 0 Å². The largest absolute Gasteiger partial charge is 0.0767 e. The van der Waals surface area contributed by atoms with Gasteiger partial charge in [-0.25, -0.2) is 0 Å². The molecular formula is C44H30. The van der Waals surface area contributed by atoms with Crippen LogP contribution >= 0.6 is 0 Å². The summed E-state index contributed by atoms with van der Waals surface area (Å²) in [6.07, 6.45) is 13.8. The van der Waals surface area contributed by atoms with E-state index in [4.69, 9.17) is 0 Å². The van der Waals surface area contributed by atoms with Gasteiger partial charge in [0.1, 0.15) is 0 Å². The van der Waals surface area contributed by atoms with Crippen molar-refractivity contribution in [3.05, 3.63) is 175 Å². The van der Waals surface area contributed by atoms with Gasteiger partial charge in [0.15, 0.2) is 0 Å². The molecule has 2 unspecified atom stereocenters. The fraction of sp³-hybridized carbons (Fsp3) is 0.0455. The van der Waals surface area contributed by atoms with E-state index in [0.29, 0.717) is 11.8 Å². The number of benzene rings is 7. The highest BCUT2D eigenvalue weighted by atomic mass is 14.3. The van der Waals surface area contributed by atoms with Crippen molar-refractivity contribution in [3.8, 4) is 33.4 Å². The van der Waals surface area contributed by atoms with Crippen molar-refractivity contribution in [3.63, 3.8) is 0 Å². The molecule has 0 amide bonds. The predicted octanol–water partition coefficient (Wildman–Crippen LogP) is 12.0. The van der Waals surface area contributed by atoms with Gasteiger partial charge in [-0.15, -0.1) is 0 Å². The van der Waals surface area contributed by atoms with Crippen molar-refractivity contribution in [1.29, 1.82) is 0 Å². The van der Waals surface area contributed by atoms with Crippen LogP contribution in [0.2, 0.25) is 0 Å². The van der Waals surface area contributed by atoms with E-state index in [1.807, 2.05) is 0 Å². The molecule has 7 aromatic rings. The summed E-state index contributed by atoms with van der Waals surface area (Å²) in [7, 11) is 0. The zero-order valence-corrected chi connectivity index (χ0v) is 24.3. The Labute approximate surface area is 257 Å². The second kappa shape index (κ2) is 10.1. The zero-order chi connectivity index (χ0) is 29.0. The Morgan fingerprint density at radius 1 is 0.386 bits per heavy atom. The maximum Gasteiger partial charge on any atom is 0.0131 e. The smallest absolute Gasteiger partial charge is 0.0131 e. The highest BCUT2D eigenvalue weighted by Crippen LogP contribution is 2.49. The summed E-state index contributed by atoms with van der Waals surface area (Å²) in [4.78, 5) is 0. The van der Waals surface area contributed by atoms with Gasteiger partial charge in [-0.05, 0) is 82.9 Å². The molecule has 0 nitrogen and oxygen atoms in total. The molecule has 44 heavy (non-hydrogen) atoms. The Balaban J connectivity index is 1.33. The van der Waals surface area contributed by atoms with Crippen LogP contribution in [0.15, 0.2) is 164 Å². The third kappa shape index (κ3) is 3.85. The molecule has 0 aromatic heterocycles. The lowest BCUT2D eigenvalue weighted by atomic mass is 9.74. The lowest BCUT2D eigenvalue weighted by molar-refractivity contribution is 0.697. The summed E-state index contributed by atoms with van der Waals surface area (Å²) in [5, 5.41) is 7.82. The molecule has 2 atom stereocenters. The first-order chi connectivity index (χ1) is 21.8. The first kappa shape index (κ1) is 25.1. The number of rotatable bonds is 3. The van der Waals surface area contributed by atoms with Gasteiger partial charge in [0.25, 0.3) is 0 Å². The molecule has 0 heterocycles. The number of fused-ring (bicyclic) bond motifs is 7. The normalized spacial score (nSPS) is 16.8. The molecule has 0 N–H and O–H groups in total. The highest BCUT2D eigenvalue weighted by Gasteiger charge is 2.28. The van der Waals surface area contributed by atoms with Crippen LogP contribution in [0.1, 0.15) is 17.0 Å². The van der Waals surface area contributed by atoms with Crippen molar-refractivity contribution in [2.75, 3.05) is 0 Å². The van der Waals surface area contributed by atoms with Crippen LogP contribution < -0.4 is 0 Å². The number of hydrogen-bond donors (Lipinski definition) is 0. The van der Waals surface area contributed by atoms with Gasteiger partial charge in [-0.1, -0.05) is 164 Å². The van der Waals surface area contributed by atoms with E-state index in [1.165, 1.54) is 76.8 Å². The van der Waals surface area contributed by atoms with Gasteiger partial charge in [-0.2, -0.15) is 0 Å². The summed E-state index contributed by atoms with van der Waals surface area (Å²) in [6, 6.07) is 49.2. The van der Waals surface area contributed by atoms with E-state index in [-0.39, 0.29) is 0 Å². The molecule has 7 aromatic carbocycles. The van der Waals surface area contributed by atoms with Gasteiger partial charge >= 0.3 is 0 Å². The quantitative estimate of drug-likeness (QED) is 0.189. The molecular weight excluding hydrogens is 528 g/mol. The predicted molar refractivity (Wildman–Crippen MR) is 189 cm³/mol. The van der Waals surface area contributed by atoms with Crippen molar-refractivity contribution in [2.24, 2.45) is 5.92 Å². The Morgan fingerprint density at radius 2 is 0.909 bits per heavy atom. The average molecular weight is 559 g/mol. The van der Waals surface area contributed by atoms with Gasteiger partial charge in [0.05, 0.1) is 0 Å². The molecule has 2 aliphatic rings. The third-order valence-electron chi connectivity index (χ3n) is 9.61. The molecule has 0 saturated heterocycles. The second-order valence-corrected chi connectivity index (χ2v) is 12.0. The summed E-state index contributed by atoms with van der Waals surface area (Å²) in [5.41, 5.74) is 10.4. The van der Waals surface area contributed by atoms with Gasteiger partial charge in [-0.3, -0.25) is 0 Å². The summed E-state index contributed by atoms with van der Waals surface area (Å²) < 4.78 is 0. The van der Waals surface area contributed by atoms with E-state index in [2.05, 4.69) is 170 Å². The minimum absolute atomic E-state index is 0.369. The SMILES string of the molecule is C1=CC2C=Cc3cc(-c4c5ccccc5c(-c5ccc(-c6ccccc6)cc5)c5ccccc45)c4ccccc4c3C2C=C1. The Morgan fingerprint density at radius 3 is 1.59 bits per heavy atom. The lowest BCUT2D eigenvalue weighted by Gasteiger charge is -2.30. The summed E-state index contributed by atoms with van der Waals surface area (Å²) >= 11 is 0. The van der Waals surface area contributed by atoms with Crippen molar-refractivity contribution >= 4 is 38.4 Å². The van der Waals surface area contributed by atoms with Crippen molar-refractivity contribution in [1.82, 2.24) is 0 Å². The molecule has 2 aliphatic carbocycles. The summed E-state index contributed by atoms with van der Waals surface area (Å²) in [6.45, 7) is 0. The molecule has 0 saturated carbocycles. The second-order valence-electron chi connectivity index (χ2n) is 12.0. The van der Waals surface area contributed by atoms with Crippen LogP contribution in [0, 0.1) is 5.92 Å². The van der Waals surface area contributed by atoms with E-state index in [0.717, 1.165) is 0 Å². The Hall–Kier alpha value is -5.46. The fourth-order valence-electron chi connectivity index (χ4n) is 7.64. The maximum atomic E-state index is 2.46. The molecule has 0 aliphatic heterocycles. The molecule has 206 valence electrons. The maximum absolute atomic E-state index is 2.46. The van der Waals surface area contributed by atoms with E-state index < -0.39 is 0 Å². The molecule has 0 radical (unpaired) electrons. The van der Waals surface area contributed by atoms with Crippen LogP contribution in [-0.4, -0.2) is 0 Å². The molecule has 9 rings (SSSR count). The van der Waals surface area contributed by atoms with Crippen LogP contribution in [0.25, 0.3) is 71.8 Å². The monoisotopic (exact) mass is 558 g/mol. The lowest BCUT2D eigenvalue weighted by Crippen LogP contribution is -2.14. The van der Waals surface area contributed by atoms with Crippen molar-refractivity contribution < 1.29 is 0 Å². The molecule has 0 spiro atoms. The number of allylic oxidation sites excluding steroid dienone is 5. The van der Waals surface area contributed by atoms with Crippen LogP contribution in [-0.2, 0) is 0 Å². The minimum atomic E-state index is 0.369. The van der Waals surface area contributed by atoms with Gasteiger partial charge < -0.3 is 0 Å². The Kier molecular flexibility index (Phi) is 5.74. The number of hydrogen-bond acceptors (Lipinski definition) is 0. The first-order valence-corrected chi connectivity index (χ1v) is 15.5. The summed E-state index contributed by atoms with van der Waals surface area (Å²) in [5.74, 6) is 0.782. The highest BCUT2D eigenvalue weighted by molar-refractivity contribution is 6.24. The zero-order valence-electron chi connectivity index (χ0n) is 24.3. The van der Waals surface area contributed by atoms with Crippen LogP contribution in [0.5, 0.6) is 0 Å². The first-order valence-electron chi connectivity index (χ1n) is 15.5. The third-order valence-corrected chi connectivity index (χ3v) is 9.61. The van der Waals surface area contributed by atoms with Gasteiger partial charge in [0.2, 0.25) is 0 Å². The molecule has 0 bridgehead atoms. The van der Waals surface area contributed by atoms with Gasteiger partial charge in [0, 0.05) is 11.8 Å². The van der Waals surface area contributed by atoms with E-state index >= 15 is 0 Å². The molecule has 0 fully saturated rings. The van der Waals surface area contributed by atoms with Crippen LogP contribution in [0.4, 0.5) is 0 Å². The Bertz CT molecular complexity index is 2260. The van der Waals surface area contributed by atoms with Crippen molar-refractivity contribution in [2.45, 2.75) is 5.92 Å². The van der Waals surface area contributed by atoms with Crippen LogP contribution in [0.3, 0.4) is 0 Å². The van der Waals surface area contributed by atoms with E-state index in [1.54, 1.807) is 0 Å². The average Bonchev–Trinajstić information content (AvgIpc) is 3.10. The van der Waals surface area contributed by atoms with E-state index in [9.17, 15) is 0 Å². The fourth-order valence-corrected chi connectivity index (χ4v) is 7.64.